The highest BCUT2D eigenvalue weighted by Crippen LogP contribution is 2.42. The Morgan fingerprint density at radius 1 is 0.481 bits per heavy atom. The number of rotatable bonds is 16. The van der Waals surface area contributed by atoms with Gasteiger partial charge in [0.05, 0.1) is 47.7 Å². The van der Waals surface area contributed by atoms with E-state index in [9.17, 15) is 60.7 Å². The van der Waals surface area contributed by atoms with Crippen LogP contribution in [-0.2, 0) is 9.47 Å². The molecule has 2 aliphatic heterocycles. The molecule has 2 aromatic carbocycles. The number of carbonyl (C=O) groups is 2. The fourth-order valence-corrected chi connectivity index (χ4v) is 6.80. The zero-order chi connectivity index (χ0) is 37.7. The maximum Gasteiger partial charge on any atom is 0.200 e. The van der Waals surface area contributed by atoms with Crippen molar-refractivity contribution in [1.29, 1.82) is 0 Å². The lowest BCUT2D eigenvalue weighted by atomic mass is 9.81. The second kappa shape index (κ2) is 17.5. The molecule has 1 aliphatic carbocycles. The summed E-state index contributed by atoms with van der Waals surface area (Å²) in [6.07, 6.45) is -11.6. The van der Waals surface area contributed by atoms with E-state index in [-0.39, 0.29) is 48.2 Å². The minimum Gasteiger partial charge on any atom is -0.507 e. The number of benzene rings is 2. The van der Waals surface area contributed by atoms with Gasteiger partial charge in [-0.15, -0.1) is 0 Å². The number of carbonyl (C=O) groups excluding carboxylic acids is 2. The van der Waals surface area contributed by atoms with Gasteiger partial charge in [0.1, 0.15) is 60.3 Å². The average molecular weight is 737 g/mol. The third-order valence-electron chi connectivity index (χ3n) is 9.70. The molecule has 14 N–H and O–H groups in total. The molecule has 3 aliphatic rings. The third kappa shape index (κ3) is 8.18. The number of ketones is 2. The van der Waals surface area contributed by atoms with Crippen LogP contribution in [0.4, 0.5) is 11.4 Å². The number of aliphatic hydroxyl groups is 8. The van der Waals surface area contributed by atoms with Gasteiger partial charge >= 0.3 is 0 Å². The Kier molecular flexibility index (Phi) is 13.4. The number of phenolic OH excluding ortho intramolecular Hbond substituents is 2. The summed E-state index contributed by atoms with van der Waals surface area (Å²) in [5, 5.41) is 113. The van der Waals surface area contributed by atoms with E-state index in [1.807, 2.05) is 0 Å². The summed E-state index contributed by atoms with van der Waals surface area (Å²) in [5.41, 5.74) is -0.0163. The van der Waals surface area contributed by atoms with Crippen LogP contribution in [0.3, 0.4) is 0 Å². The quantitative estimate of drug-likeness (QED) is 0.0498. The van der Waals surface area contributed by atoms with Gasteiger partial charge in [-0.1, -0.05) is 0 Å². The van der Waals surface area contributed by atoms with Crippen LogP contribution in [0, 0.1) is 0 Å². The van der Waals surface area contributed by atoms with Crippen LogP contribution in [0.2, 0.25) is 0 Å². The van der Waals surface area contributed by atoms with Gasteiger partial charge in [0.2, 0.25) is 11.6 Å². The Balaban J connectivity index is 1.20. The van der Waals surface area contributed by atoms with E-state index in [0.29, 0.717) is 37.6 Å². The largest absolute Gasteiger partial charge is 0.507 e. The first-order valence-electron chi connectivity index (χ1n) is 17.2. The summed E-state index contributed by atoms with van der Waals surface area (Å²) in [4.78, 5) is 27.7. The first-order chi connectivity index (χ1) is 24.9. The normalized spacial score (nSPS) is 30.2. The highest BCUT2D eigenvalue weighted by Gasteiger charge is 2.44. The van der Waals surface area contributed by atoms with Crippen molar-refractivity contribution in [3.05, 3.63) is 46.5 Å². The van der Waals surface area contributed by atoms with Crippen molar-refractivity contribution in [2.24, 2.45) is 0 Å². The Labute approximate surface area is 298 Å². The number of hydrogen-bond acceptors (Lipinski definition) is 18. The molecular formula is C34H48N4O14. The van der Waals surface area contributed by atoms with Crippen LogP contribution in [0.1, 0.15) is 44.7 Å². The van der Waals surface area contributed by atoms with Gasteiger partial charge in [-0.25, -0.2) is 0 Å². The summed E-state index contributed by atoms with van der Waals surface area (Å²) >= 11 is 0. The zero-order valence-electron chi connectivity index (χ0n) is 28.3. The number of aliphatic hydroxyl groups excluding tert-OH is 8. The van der Waals surface area contributed by atoms with Gasteiger partial charge in [0.25, 0.3) is 0 Å². The summed E-state index contributed by atoms with van der Waals surface area (Å²) in [5.74, 6) is -2.26. The zero-order valence-corrected chi connectivity index (χ0v) is 28.3. The van der Waals surface area contributed by atoms with Crippen molar-refractivity contribution in [2.45, 2.75) is 73.9 Å². The van der Waals surface area contributed by atoms with Crippen LogP contribution in [0.25, 0.3) is 0 Å². The molecule has 5 rings (SSSR count). The number of nitrogens with one attached hydrogen (secondary N) is 4. The second-order valence-corrected chi connectivity index (χ2v) is 13.1. The third-order valence-corrected chi connectivity index (χ3v) is 9.70. The minimum atomic E-state index is -1.46. The van der Waals surface area contributed by atoms with Gasteiger partial charge in [0.15, 0.2) is 0 Å². The molecule has 0 radical (unpaired) electrons. The highest BCUT2D eigenvalue weighted by molar-refractivity contribution is 6.33. The Bertz CT molecular complexity index is 1450. The molecule has 2 saturated heterocycles. The number of fused-ring (bicyclic) bond motifs is 2. The highest BCUT2D eigenvalue weighted by atomic mass is 16.6. The standard InChI is InChI=1S/C34H48N4O14/c39-13-21-29(45)33(49)27(43)19(51-21)5-7-35-9-11-37-15-1-2-16(24-23(15)31(47)25-17(41)3-4-18(42)26(25)32(24)48)38-12-10-36-8-6-20-28(44)34(50)30(46)22(14-40)52-20/h1-4,19-22,27-30,33-46,49-50H,5-14H2/t19-,20-,21+,22+,27-,28-,29-,30-,33+,34+/m0/s1. The van der Waals surface area contributed by atoms with Gasteiger partial charge in [0, 0.05) is 37.6 Å². The predicted molar refractivity (Wildman–Crippen MR) is 183 cm³/mol. The smallest absolute Gasteiger partial charge is 0.200 e. The van der Waals surface area contributed by atoms with Crippen molar-refractivity contribution >= 4 is 22.9 Å². The lowest BCUT2D eigenvalue weighted by Crippen LogP contribution is -2.58. The molecule has 2 fully saturated rings. The average Bonchev–Trinajstić information content (AvgIpc) is 3.14. The van der Waals surface area contributed by atoms with Gasteiger partial charge in [-0.3, -0.25) is 9.59 Å². The molecule has 10 atom stereocenters. The molecule has 2 heterocycles. The maximum atomic E-state index is 13.8. The van der Waals surface area contributed by atoms with Crippen molar-refractivity contribution in [3.63, 3.8) is 0 Å². The molecule has 2 aromatic rings. The van der Waals surface area contributed by atoms with Crippen molar-refractivity contribution in [2.75, 3.05) is 63.1 Å². The van der Waals surface area contributed by atoms with Crippen molar-refractivity contribution < 1.29 is 70.1 Å². The maximum absolute atomic E-state index is 13.8. The number of aromatic hydroxyl groups is 2. The number of phenols is 2. The van der Waals surface area contributed by atoms with E-state index in [2.05, 4.69) is 21.3 Å². The Morgan fingerprint density at radius 2 is 0.846 bits per heavy atom. The summed E-state index contributed by atoms with van der Waals surface area (Å²) in [6.45, 7) is 0.869. The number of hydrogen-bond donors (Lipinski definition) is 14. The van der Waals surface area contributed by atoms with Crippen LogP contribution in [-0.4, -0.2) is 176 Å². The molecule has 18 nitrogen and oxygen atoms in total. The SMILES string of the molecule is O=C1c2c(O)ccc(O)c2C(=O)c2c(NCCNCC[C@@H]3O[C@H](CO)[C@H](O)[C@H](O)[C@H]3O)ccc(NCCNCC[C@@H]3O[C@H](CO)[C@H](O)[C@H](O)[C@H]3O)c21. The first kappa shape index (κ1) is 39.7. The molecule has 52 heavy (non-hydrogen) atoms. The van der Waals surface area contributed by atoms with E-state index in [1.165, 1.54) is 0 Å². The minimum absolute atomic E-state index is 0.000273. The summed E-state index contributed by atoms with van der Waals surface area (Å²) < 4.78 is 11.0. The van der Waals surface area contributed by atoms with Crippen LogP contribution >= 0.6 is 0 Å². The van der Waals surface area contributed by atoms with E-state index in [0.717, 1.165) is 12.1 Å². The molecule has 0 spiro atoms. The molecule has 0 saturated carbocycles. The molecular weight excluding hydrogens is 688 g/mol. The lowest BCUT2D eigenvalue weighted by molar-refractivity contribution is -0.229. The van der Waals surface area contributed by atoms with Crippen LogP contribution < -0.4 is 21.3 Å². The van der Waals surface area contributed by atoms with E-state index < -0.39 is 97.3 Å². The molecule has 18 heteroatoms. The predicted octanol–water partition coefficient (Wildman–Crippen LogP) is -3.66. The van der Waals surface area contributed by atoms with E-state index in [4.69, 9.17) is 9.47 Å². The Morgan fingerprint density at radius 3 is 1.21 bits per heavy atom. The van der Waals surface area contributed by atoms with Crippen molar-refractivity contribution in [1.82, 2.24) is 10.6 Å². The fraction of sp³-hybridized carbons (Fsp3) is 0.588. The van der Waals surface area contributed by atoms with Crippen molar-refractivity contribution in [3.8, 4) is 11.5 Å². The van der Waals surface area contributed by atoms with Crippen LogP contribution in [0.15, 0.2) is 24.3 Å². The van der Waals surface area contributed by atoms with E-state index in [1.54, 1.807) is 12.1 Å². The molecule has 0 bridgehead atoms. The van der Waals surface area contributed by atoms with Gasteiger partial charge < -0.3 is 81.8 Å². The van der Waals surface area contributed by atoms with Gasteiger partial charge in [-0.05, 0) is 50.2 Å². The van der Waals surface area contributed by atoms with Crippen LogP contribution in [0.5, 0.6) is 11.5 Å². The second-order valence-electron chi connectivity index (χ2n) is 13.1. The van der Waals surface area contributed by atoms with E-state index >= 15 is 0 Å². The Hall–Kier alpha value is -3.50. The molecule has 0 amide bonds. The lowest BCUT2D eigenvalue weighted by Gasteiger charge is -2.40. The molecule has 0 unspecified atom stereocenters. The summed E-state index contributed by atoms with van der Waals surface area (Å²) in [6, 6.07) is 5.48. The fourth-order valence-electron chi connectivity index (χ4n) is 6.80. The van der Waals surface area contributed by atoms with Gasteiger partial charge in [-0.2, -0.15) is 0 Å². The number of ether oxygens (including phenoxy) is 2. The first-order valence-corrected chi connectivity index (χ1v) is 17.2. The summed E-state index contributed by atoms with van der Waals surface area (Å²) in [7, 11) is 0. The number of anilines is 2. The topological polar surface area (TPSA) is 303 Å². The monoisotopic (exact) mass is 736 g/mol. The molecule has 288 valence electrons. The molecule has 0 aromatic heterocycles.